The summed E-state index contributed by atoms with van der Waals surface area (Å²) >= 11 is 0. The number of carbonyl (C=O) groups excluding carboxylic acids is 5. The van der Waals surface area contributed by atoms with Gasteiger partial charge in [-0.1, -0.05) is 27.7 Å². The summed E-state index contributed by atoms with van der Waals surface area (Å²) in [6, 6.07) is 9.61. The molecule has 1 aliphatic heterocycles. The van der Waals surface area contributed by atoms with Crippen molar-refractivity contribution in [3.63, 3.8) is 0 Å². The van der Waals surface area contributed by atoms with E-state index in [2.05, 4.69) is 15.4 Å². The number of nitrogens with zero attached hydrogens (tertiary/aromatic N) is 4. The molecule has 1 saturated heterocycles. The van der Waals surface area contributed by atoms with Crippen LogP contribution in [0.15, 0.2) is 47.4 Å². The lowest BCUT2D eigenvalue weighted by Gasteiger charge is -2.34. The van der Waals surface area contributed by atoms with Crippen LogP contribution in [0.5, 0.6) is 0 Å². The van der Waals surface area contributed by atoms with Crippen molar-refractivity contribution >= 4 is 50.7 Å². The molecule has 0 spiro atoms. The van der Waals surface area contributed by atoms with Gasteiger partial charge in [-0.15, -0.1) is 0 Å². The molecule has 2 heterocycles. The monoisotopic (exact) mass is 683 g/mol. The van der Waals surface area contributed by atoms with Gasteiger partial charge >= 0.3 is 11.9 Å². The number of amides is 3. The molecule has 48 heavy (non-hydrogen) atoms. The summed E-state index contributed by atoms with van der Waals surface area (Å²) in [6.07, 6.45) is 0.169. The minimum atomic E-state index is -4.37. The molecule has 3 amide bonds. The van der Waals surface area contributed by atoms with Gasteiger partial charge in [0.15, 0.2) is 0 Å². The van der Waals surface area contributed by atoms with Gasteiger partial charge in [-0.05, 0) is 73.6 Å². The number of hydrogen-bond donors (Lipinski definition) is 1. The van der Waals surface area contributed by atoms with Crippen LogP contribution >= 0.6 is 0 Å². The van der Waals surface area contributed by atoms with Crippen molar-refractivity contribution in [2.45, 2.75) is 78.2 Å². The summed E-state index contributed by atoms with van der Waals surface area (Å²) in [5.74, 6) is -2.96. The van der Waals surface area contributed by atoms with Gasteiger partial charge in [-0.2, -0.15) is 19.7 Å². The van der Waals surface area contributed by atoms with Crippen molar-refractivity contribution in [3.8, 4) is 0 Å². The molecule has 258 valence electrons. The minimum Gasteiger partial charge on any atom is -0.465 e. The SMILES string of the molecule is CC(C)N(CCC(=O)OCC(C)(C)CC(C)(C)COC(=O)c1ccc2n[nH]nc2c1)C(=O)c1ccc(S(=O)(=O)N2C(=O)CCC2=O)cc1. The Morgan fingerprint density at radius 2 is 1.44 bits per heavy atom. The molecule has 1 N–H and O–H groups in total. The predicted molar refractivity (Wildman–Crippen MR) is 173 cm³/mol. The first-order chi connectivity index (χ1) is 22.4. The summed E-state index contributed by atoms with van der Waals surface area (Å²) in [5.41, 5.74) is 0.866. The van der Waals surface area contributed by atoms with Crippen LogP contribution in [0.25, 0.3) is 11.0 Å². The zero-order valence-electron chi connectivity index (χ0n) is 27.9. The van der Waals surface area contributed by atoms with Crippen LogP contribution in [0.2, 0.25) is 0 Å². The van der Waals surface area contributed by atoms with Gasteiger partial charge in [0.05, 0.1) is 30.1 Å². The summed E-state index contributed by atoms with van der Waals surface area (Å²) in [4.78, 5) is 63.8. The molecule has 0 saturated carbocycles. The van der Waals surface area contributed by atoms with E-state index in [1.165, 1.54) is 29.2 Å². The Kier molecular flexibility index (Phi) is 10.7. The first kappa shape index (κ1) is 36.2. The van der Waals surface area contributed by atoms with Crippen LogP contribution < -0.4 is 0 Å². The fraction of sp³-hybridized carbons (Fsp3) is 0.485. The van der Waals surface area contributed by atoms with E-state index in [1.807, 2.05) is 27.7 Å². The van der Waals surface area contributed by atoms with Crippen LogP contribution in [0.1, 0.15) is 87.9 Å². The van der Waals surface area contributed by atoms with Gasteiger partial charge in [0.1, 0.15) is 11.0 Å². The molecule has 3 aromatic rings. The van der Waals surface area contributed by atoms with E-state index in [0.717, 1.165) is 0 Å². The second-order valence-corrected chi connectivity index (χ2v) is 15.5. The Morgan fingerprint density at radius 3 is 2.04 bits per heavy atom. The van der Waals surface area contributed by atoms with Crippen LogP contribution in [-0.2, 0) is 33.9 Å². The Balaban J connectivity index is 1.27. The topological polar surface area (TPSA) is 186 Å². The minimum absolute atomic E-state index is 0.0637. The first-order valence-corrected chi connectivity index (χ1v) is 17.0. The number of aromatic amines is 1. The van der Waals surface area contributed by atoms with Crippen molar-refractivity contribution in [3.05, 3.63) is 53.6 Å². The highest BCUT2D eigenvalue weighted by Gasteiger charge is 2.40. The fourth-order valence-corrected chi connectivity index (χ4v) is 7.14. The number of fused-ring (bicyclic) bond motifs is 1. The maximum Gasteiger partial charge on any atom is 0.338 e. The number of carbonyl (C=O) groups is 5. The predicted octanol–water partition coefficient (Wildman–Crippen LogP) is 3.88. The Morgan fingerprint density at radius 1 is 0.875 bits per heavy atom. The lowest BCUT2D eigenvalue weighted by Crippen LogP contribution is -2.39. The smallest absolute Gasteiger partial charge is 0.338 e. The quantitative estimate of drug-likeness (QED) is 0.192. The zero-order valence-corrected chi connectivity index (χ0v) is 28.8. The van der Waals surface area contributed by atoms with Crippen LogP contribution in [0.4, 0.5) is 0 Å². The number of benzene rings is 2. The highest BCUT2D eigenvalue weighted by Crippen LogP contribution is 2.34. The summed E-state index contributed by atoms with van der Waals surface area (Å²) in [6.45, 7) is 11.7. The van der Waals surface area contributed by atoms with E-state index >= 15 is 0 Å². The van der Waals surface area contributed by atoms with Crippen LogP contribution in [0, 0.1) is 10.8 Å². The zero-order chi connectivity index (χ0) is 35.4. The molecule has 0 radical (unpaired) electrons. The Hall–Kier alpha value is -4.66. The third-order valence-corrected chi connectivity index (χ3v) is 9.57. The van der Waals surface area contributed by atoms with E-state index in [9.17, 15) is 32.4 Å². The van der Waals surface area contributed by atoms with Gasteiger partial charge in [0, 0.05) is 31.0 Å². The van der Waals surface area contributed by atoms with Crippen molar-refractivity contribution in [1.29, 1.82) is 0 Å². The first-order valence-electron chi connectivity index (χ1n) is 15.6. The molecule has 0 bridgehead atoms. The van der Waals surface area contributed by atoms with Gasteiger partial charge in [0.25, 0.3) is 15.9 Å². The maximum atomic E-state index is 13.3. The number of sulfonamides is 1. The number of imide groups is 1. The number of rotatable bonds is 14. The van der Waals surface area contributed by atoms with E-state index in [-0.39, 0.29) is 59.8 Å². The normalized spacial score (nSPS) is 14.1. The molecule has 1 aliphatic rings. The highest BCUT2D eigenvalue weighted by atomic mass is 32.2. The van der Waals surface area contributed by atoms with E-state index < -0.39 is 50.5 Å². The number of H-pyrrole nitrogens is 1. The molecule has 15 heteroatoms. The van der Waals surface area contributed by atoms with Crippen LogP contribution in [-0.4, -0.2) is 88.5 Å². The van der Waals surface area contributed by atoms with Gasteiger partial charge in [0.2, 0.25) is 11.8 Å². The summed E-state index contributed by atoms with van der Waals surface area (Å²) < 4.78 is 37.1. The second-order valence-electron chi connectivity index (χ2n) is 13.7. The molecule has 1 aromatic heterocycles. The van der Waals surface area contributed by atoms with Gasteiger partial charge < -0.3 is 14.4 Å². The Labute approximate surface area is 279 Å². The number of nitrogens with one attached hydrogen (secondary N) is 1. The average Bonchev–Trinajstić information content (AvgIpc) is 3.63. The highest BCUT2D eigenvalue weighted by molar-refractivity contribution is 7.90. The third kappa shape index (κ3) is 8.62. The van der Waals surface area contributed by atoms with Crippen molar-refractivity contribution in [1.82, 2.24) is 24.6 Å². The van der Waals surface area contributed by atoms with E-state index in [4.69, 9.17) is 9.47 Å². The molecule has 0 aliphatic carbocycles. The molecule has 0 atom stereocenters. The molecule has 1 fully saturated rings. The fourth-order valence-electron chi connectivity index (χ4n) is 5.73. The third-order valence-electron chi connectivity index (χ3n) is 7.81. The van der Waals surface area contributed by atoms with Crippen molar-refractivity contribution in [2.24, 2.45) is 10.8 Å². The molecule has 14 nitrogen and oxygen atoms in total. The molecule has 2 aromatic carbocycles. The lowest BCUT2D eigenvalue weighted by atomic mass is 9.76. The Bertz CT molecular complexity index is 1800. The molecule has 0 unspecified atom stereocenters. The molecular formula is C33H41N5O9S. The van der Waals surface area contributed by atoms with Crippen molar-refractivity contribution < 1.29 is 41.9 Å². The standard InChI is InChI=1S/C33H41N5O9S/c1-21(2)37(30(42)22-7-10-24(11-8-22)48(44,45)38-27(39)13-14-28(38)40)16-15-29(41)46-19-32(3,4)18-33(5,6)20-47-31(43)23-9-12-25-26(17-23)35-36-34-25/h7-12,17,21H,13-16,18-20H2,1-6H3,(H,34,35,36). The van der Waals surface area contributed by atoms with E-state index in [0.29, 0.717) is 23.0 Å². The number of esters is 2. The summed E-state index contributed by atoms with van der Waals surface area (Å²) in [5, 5.41) is 10.5. The average molecular weight is 684 g/mol. The maximum absolute atomic E-state index is 13.3. The number of aromatic nitrogens is 3. The number of hydrogen-bond acceptors (Lipinski definition) is 11. The van der Waals surface area contributed by atoms with Crippen LogP contribution in [0.3, 0.4) is 0 Å². The second kappa shape index (κ2) is 14.2. The lowest BCUT2D eigenvalue weighted by molar-refractivity contribution is -0.147. The number of ether oxygens (including phenoxy) is 2. The van der Waals surface area contributed by atoms with Gasteiger partial charge in [-0.25, -0.2) is 13.2 Å². The molecular weight excluding hydrogens is 642 g/mol. The van der Waals surface area contributed by atoms with Crippen molar-refractivity contribution in [2.75, 3.05) is 19.8 Å². The summed E-state index contributed by atoms with van der Waals surface area (Å²) in [7, 11) is -4.37. The van der Waals surface area contributed by atoms with Gasteiger partial charge in [-0.3, -0.25) is 19.2 Å². The van der Waals surface area contributed by atoms with E-state index in [1.54, 1.807) is 32.0 Å². The molecule has 4 rings (SSSR count). The largest absolute Gasteiger partial charge is 0.465 e.